The molecule has 0 spiro atoms. The normalized spacial score (nSPS) is 32.2. The molecular formula is C5H8ClFN2O. The molecule has 5 heteroatoms. The molecule has 1 aliphatic heterocycles. The average molecular weight is 167 g/mol. The number of hydrogen-bond acceptors (Lipinski definition) is 2. The van der Waals surface area contributed by atoms with E-state index in [4.69, 9.17) is 11.8 Å². The Bertz CT molecular complexity index is 144. The Balaban J connectivity index is 2.37. The van der Waals surface area contributed by atoms with Gasteiger partial charge in [0.25, 0.3) is 5.91 Å². The monoisotopic (exact) mass is 166 g/mol. The lowest BCUT2D eigenvalue weighted by Crippen LogP contribution is -2.36. The standard InChI is InChI=1S/C5H8ClFN2O/c6-9-5(10)4-1-3(7)2-8-4/h3-4,8H,1-2H2,(H,9,10)/t3-,4-/m0/s1. The van der Waals surface area contributed by atoms with E-state index in [9.17, 15) is 9.18 Å². The fourth-order valence-corrected chi connectivity index (χ4v) is 1.09. The molecule has 2 atom stereocenters. The molecule has 2 N–H and O–H groups in total. The first-order valence-corrected chi connectivity index (χ1v) is 3.39. The highest BCUT2D eigenvalue weighted by atomic mass is 35.5. The predicted molar refractivity (Wildman–Crippen MR) is 35.3 cm³/mol. The minimum absolute atomic E-state index is 0.221. The third kappa shape index (κ3) is 1.58. The highest BCUT2D eigenvalue weighted by molar-refractivity contribution is 6.22. The zero-order valence-electron chi connectivity index (χ0n) is 5.23. The van der Waals surface area contributed by atoms with Crippen LogP contribution in [0.3, 0.4) is 0 Å². The van der Waals surface area contributed by atoms with E-state index in [1.54, 1.807) is 0 Å². The van der Waals surface area contributed by atoms with Crippen molar-refractivity contribution in [2.45, 2.75) is 18.6 Å². The number of rotatable bonds is 1. The fraction of sp³-hybridized carbons (Fsp3) is 0.800. The summed E-state index contributed by atoms with van der Waals surface area (Å²) in [5, 5.41) is 2.69. The Hall–Kier alpha value is -0.350. The van der Waals surface area contributed by atoms with Crippen molar-refractivity contribution in [3.05, 3.63) is 0 Å². The van der Waals surface area contributed by atoms with Gasteiger partial charge in [0.15, 0.2) is 0 Å². The first kappa shape index (κ1) is 7.75. The predicted octanol–water partition coefficient (Wildman–Crippen LogP) is -0.0436. The van der Waals surface area contributed by atoms with Gasteiger partial charge in [-0.2, -0.15) is 0 Å². The lowest BCUT2D eigenvalue weighted by molar-refractivity contribution is -0.121. The van der Waals surface area contributed by atoms with Gasteiger partial charge in [-0.05, 0) is 0 Å². The Kier molecular flexibility index (Phi) is 2.45. The summed E-state index contributed by atoms with van der Waals surface area (Å²) in [6, 6.07) is -0.451. The van der Waals surface area contributed by atoms with Crippen LogP contribution in [0, 0.1) is 0 Å². The number of carbonyl (C=O) groups is 1. The molecule has 1 rings (SSSR count). The van der Waals surface area contributed by atoms with Crippen LogP contribution in [0.15, 0.2) is 0 Å². The minimum Gasteiger partial charge on any atom is -0.303 e. The molecule has 0 aromatic rings. The largest absolute Gasteiger partial charge is 0.303 e. The van der Waals surface area contributed by atoms with Gasteiger partial charge in [0.1, 0.15) is 6.17 Å². The molecule has 3 nitrogen and oxygen atoms in total. The summed E-state index contributed by atoms with van der Waals surface area (Å²) in [7, 11) is 0. The van der Waals surface area contributed by atoms with Gasteiger partial charge >= 0.3 is 0 Å². The topological polar surface area (TPSA) is 41.1 Å². The SMILES string of the molecule is O=C(NCl)[C@@H]1C[C@H](F)CN1. The second kappa shape index (κ2) is 3.16. The average Bonchev–Trinajstić information content (AvgIpc) is 2.34. The van der Waals surface area contributed by atoms with E-state index in [1.807, 2.05) is 4.84 Å². The van der Waals surface area contributed by atoms with Crippen LogP contribution in [0.25, 0.3) is 0 Å². The molecule has 0 aromatic carbocycles. The van der Waals surface area contributed by atoms with Crippen molar-refractivity contribution < 1.29 is 9.18 Å². The van der Waals surface area contributed by atoms with Gasteiger partial charge in [0.2, 0.25) is 0 Å². The van der Waals surface area contributed by atoms with E-state index in [0.717, 1.165) is 0 Å². The van der Waals surface area contributed by atoms with Crippen LogP contribution in [0.1, 0.15) is 6.42 Å². The summed E-state index contributed by atoms with van der Waals surface area (Å²) in [5.41, 5.74) is 0. The Morgan fingerprint density at radius 3 is 2.90 bits per heavy atom. The number of alkyl halides is 1. The number of carbonyl (C=O) groups excluding carboxylic acids is 1. The molecule has 0 unspecified atom stereocenters. The lowest BCUT2D eigenvalue weighted by Gasteiger charge is -2.04. The van der Waals surface area contributed by atoms with Gasteiger partial charge in [-0.25, -0.2) is 4.39 Å². The molecule has 1 saturated heterocycles. The van der Waals surface area contributed by atoms with Crippen LogP contribution < -0.4 is 10.2 Å². The van der Waals surface area contributed by atoms with Crippen LogP contribution in [0.2, 0.25) is 0 Å². The zero-order valence-corrected chi connectivity index (χ0v) is 5.99. The van der Waals surface area contributed by atoms with Crippen molar-refractivity contribution in [2.24, 2.45) is 0 Å². The number of halogens is 2. The summed E-state index contributed by atoms with van der Waals surface area (Å²) in [4.78, 5) is 12.6. The molecule has 0 radical (unpaired) electrons. The van der Waals surface area contributed by atoms with E-state index in [2.05, 4.69) is 5.32 Å². The molecule has 10 heavy (non-hydrogen) atoms. The second-order valence-electron chi connectivity index (χ2n) is 2.25. The molecule has 0 aliphatic carbocycles. The summed E-state index contributed by atoms with van der Waals surface area (Å²) < 4.78 is 12.4. The maximum absolute atomic E-state index is 12.4. The van der Waals surface area contributed by atoms with Crippen molar-refractivity contribution in [1.82, 2.24) is 10.2 Å². The summed E-state index contributed by atoms with van der Waals surface area (Å²) in [5.74, 6) is -0.359. The Morgan fingerprint density at radius 2 is 2.50 bits per heavy atom. The van der Waals surface area contributed by atoms with E-state index >= 15 is 0 Å². The Morgan fingerprint density at radius 1 is 1.80 bits per heavy atom. The van der Waals surface area contributed by atoms with E-state index in [0.29, 0.717) is 0 Å². The third-order valence-corrected chi connectivity index (χ3v) is 1.67. The first-order valence-electron chi connectivity index (χ1n) is 3.02. The van der Waals surface area contributed by atoms with Crippen LogP contribution in [-0.4, -0.2) is 24.7 Å². The van der Waals surface area contributed by atoms with Gasteiger partial charge in [0, 0.05) is 24.7 Å². The van der Waals surface area contributed by atoms with Crippen LogP contribution in [0.5, 0.6) is 0 Å². The summed E-state index contributed by atoms with van der Waals surface area (Å²) in [6.07, 6.45) is -0.697. The zero-order chi connectivity index (χ0) is 7.56. The van der Waals surface area contributed by atoms with Crippen molar-refractivity contribution in [1.29, 1.82) is 0 Å². The van der Waals surface area contributed by atoms with Crippen molar-refractivity contribution in [3.63, 3.8) is 0 Å². The second-order valence-corrected chi connectivity index (χ2v) is 2.44. The Labute approximate surface area is 63.0 Å². The summed E-state index contributed by atoms with van der Waals surface area (Å²) in [6.45, 7) is 0.245. The van der Waals surface area contributed by atoms with Crippen LogP contribution >= 0.6 is 11.8 Å². The molecule has 1 aliphatic rings. The molecule has 0 bridgehead atoms. The smallest absolute Gasteiger partial charge is 0.251 e. The van der Waals surface area contributed by atoms with Gasteiger partial charge < -0.3 is 5.32 Å². The third-order valence-electron chi connectivity index (χ3n) is 1.49. The molecule has 58 valence electrons. The fourth-order valence-electron chi connectivity index (χ4n) is 0.958. The van der Waals surface area contributed by atoms with E-state index in [-0.39, 0.29) is 18.9 Å². The van der Waals surface area contributed by atoms with E-state index < -0.39 is 12.2 Å². The maximum atomic E-state index is 12.4. The van der Waals surface area contributed by atoms with Crippen molar-refractivity contribution in [3.8, 4) is 0 Å². The van der Waals surface area contributed by atoms with Gasteiger partial charge in [0.05, 0.1) is 6.04 Å². The lowest BCUT2D eigenvalue weighted by atomic mass is 10.2. The number of nitrogens with one attached hydrogen (secondary N) is 2. The molecule has 1 amide bonds. The number of hydrogen-bond donors (Lipinski definition) is 2. The van der Waals surface area contributed by atoms with E-state index in [1.165, 1.54) is 0 Å². The molecule has 1 heterocycles. The molecular weight excluding hydrogens is 159 g/mol. The quantitative estimate of drug-likeness (QED) is 0.537. The van der Waals surface area contributed by atoms with Crippen molar-refractivity contribution in [2.75, 3.05) is 6.54 Å². The maximum Gasteiger partial charge on any atom is 0.251 e. The molecule has 1 fully saturated rings. The van der Waals surface area contributed by atoms with Gasteiger partial charge in [-0.15, -0.1) is 0 Å². The molecule has 0 aromatic heterocycles. The molecule has 0 saturated carbocycles. The number of amides is 1. The summed E-state index contributed by atoms with van der Waals surface area (Å²) >= 11 is 5.02. The van der Waals surface area contributed by atoms with Crippen LogP contribution in [-0.2, 0) is 4.79 Å². The van der Waals surface area contributed by atoms with Crippen LogP contribution in [0.4, 0.5) is 4.39 Å². The highest BCUT2D eigenvalue weighted by Gasteiger charge is 2.28. The van der Waals surface area contributed by atoms with Gasteiger partial charge in [-0.1, -0.05) is 0 Å². The highest BCUT2D eigenvalue weighted by Crippen LogP contribution is 2.09. The minimum atomic E-state index is -0.918. The van der Waals surface area contributed by atoms with Crippen molar-refractivity contribution >= 4 is 17.7 Å². The first-order chi connectivity index (χ1) is 4.74. The van der Waals surface area contributed by atoms with Gasteiger partial charge in [-0.3, -0.25) is 9.63 Å².